The van der Waals surface area contributed by atoms with Crippen molar-refractivity contribution in [2.45, 2.75) is 32.0 Å². The highest BCUT2D eigenvalue weighted by atomic mass is 19.1. The lowest BCUT2D eigenvalue weighted by molar-refractivity contribution is -0.122. The van der Waals surface area contributed by atoms with E-state index in [1.165, 1.54) is 17.2 Å². The Labute approximate surface area is 183 Å². The molecule has 9 heteroatoms. The fraction of sp³-hybridized carbons (Fsp3) is 0.304. The lowest BCUT2D eigenvalue weighted by atomic mass is 10.1. The second-order valence-corrected chi connectivity index (χ2v) is 7.84. The number of aryl methyl sites for hydroxylation is 1. The number of imidazole rings is 1. The third kappa shape index (κ3) is 3.70. The molecular formula is C23H21FN4O4. The number of carbonyl (C=O) groups excluding carboxylic acids is 2. The Kier molecular flexibility index (Phi) is 5.08. The first-order chi connectivity index (χ1) is 15.5. The van der Waals surface area contributed by atoms with E-state index in [1.807, 2.05) is 17.8 Å². The Morgan fingerprint density at radius 1 is 1.19 bits per heavy atom. The average molecular weight is 436 g/mol. The van der Waals surface area contributed by atoms with E-state index in [1.54, 1.807) is 24.4 Å². The molecule has 0 spiro atoms. The van der Waals surface area contributed by atoms with Crippen molar-refractivity contribution < 1.29 is 23.5 Å². The minimum atomic E-state index is -0.705. The van der Waals surface area contributed by atoms with Crippen LogP contribution in [0.15, 0.2) is 42.9 Å². The van der Waals surface area contributed by atoms with Crippen LogP contribution >= 0.6 is 0 Å². The summed E-state index contributed by atoms with van der Waals surface area (Å²) in [5, 5.41) is 0. The molecule has 2 aliphatic rings. The molecule has 164 valence electrons. The van der Waals surface area contributed by atoms with Crippen molar-refractivity contribution in [3.8, 4) is 11.6 Å². The number of pyridine rings is 1. The van der Waals surface area contributed by atoms with Crippen LogP contribution in [-0.4, -0.2) is 38.9 Å². The largest absolute Gasteiger partial charge is 0.479 e. The van der Waals surface area contributed by atoms with Gasteiger partial charge in [-0.15, -0.1) is 0 Å². The normalized spacial score (nSPS) is 17.7. The van der Waals surface area contributed by atoms with Crippen LogP contribution in [0.4, 0.5) is 10.1 Å². The predicted molar refractivity (Wildman–Crippen MR) is 112 cm³/mol. The van der Waals surface area contributed by atoms with Gasteiger partial charge < -0.3 is 18.9 Å². The van der Waals surface area contributed by atoms with Gasteiger partial charge in [-0.05, 0) is 30.2 Å². The van der Waals surface area contributed by atoms with Gasteiger partial charge in [-0.2, -0.15) is 0 Å². The topological polar surface area (TPSA) is 86.5 Å². The van der Waals surface area contributed by atoms with Crippen molar-refractivity contribution in [3.05, 3.63) is 65.6 Å². The lowest BCUT2D eigenvalue weighted by Gasteiger charge is -2.18. The van der Waals surface area contributed by atoms with Gasteiger partial charge >= 0.3 is 0 Å². The summed E-state index contributed by atoms with van der Waals surface area (Å²) in [5.41, 5.74) is 1.21. The quantitative estimate of drug-likeness (QED) is 0.591. The number of nitrogens with zero attached hydrogens (tertiary/aromatic N) is 4. The molecule has 5 rings (SSSR count). The highest BCUT2D eigenvalue weighted by Crippen LogP contribution is 2.32. The van der Waals surface area contributed by atoms with Crippen LogP contribution in [0.5, 0.6) is 11.6 Å². The molecule has 8 nitrogen and oxygen atoms in total. The minimum absolute atomic E-state index is 0.0866. The summed E-state index contributed by atoms with van der Waals surface area (Å²) in [4.78, 5) is 34.8. The number of hydrogen-bond donors (Lipinski definition) is 0. The van der Waals surface area contributed by atoms with Crippen molar-refractivity contribution in [2.24, 2.45) is 7.05 Å². The molecule has 1 saturated heterocycles. The first-order valence-electron chi connectivity index (χ1n) is 10.4. The van der Waals surface area contributed by atoms with E-state index in [0.29, 0.717) is 54.3 Å². The average Bonchev–Trinajstić information content (AvgIpc) is 3.48. The summed E-state index contributed by atoms with van der Waals surface area (Å²) < 4.78 is 27.7. The molecule has 0 saturated carbocycles. The van der Waals surface area contributed by atoms with Crippen molar-refractivity contribution in [1.82, 2.24) is 14.5 Å². The van der Waals surface area contributed by atoms with E-state index in [-0.39, 0.29) is 18.3 Å². The van der Waals surface area contributed by atoms with E-state index in [2.05, 4.69) is 9.97 Å². The zero-order valence-corrected chi connectivity index (χ0v) is 17.5. The van der Waals surface area contributed by atoms with Crippen molar-refractivity contribution >= 4 is 17.4 Å². The van der Waals surface area contributed by atoms with Gasteiger partial charge in [0.25, 0.3) is 5.91 Å². The second-order valence-electron chi connectivity index (χ2n) is 7.84. The number of hydrogen-bond acceptors (Lipinski definition) is 6. The van der Waals surface area contributed by atoms with Crippen LogP contribution in [0.1, 0.15) is 34.6 Å². The Morgan fingerprint density at radius 3 is 2.81 bits per heavy atom. The summed E-state index contributed by atoms with van der Waals surface area (Å²) in [6.07, 6.45) is 5.49. The Morgan fingerprint density at radius 2 is 2.06 bits per heavy atom. The van der Waals surface area contributed by atoms with Crippen LogP contribution in [0.3, 0.4) is 0 Å². The zero-order chi connectivity index (χ0) is 22.2. The summed E-state index contributed by atoms with van der Waals surface area (Å²) in [6, 6.07) is 6.29. The highest BCUT2D eigenvalue weighted by Gasteiger charge is 2.36. The molecule has 1 fully saturated rings. The van der Waals surface area contributed by atoms with Gasteiger partial charge in [-0.3, -0.25) is 9.59 Å². The van der Waals surface area contributed by atoms with Gasteiger partial charge in [0, 0.05) is 56.1 Å². The summed E-state index contributed by atoms with van der Waals surface area (Å²) >= 11 is 0. The number of amides is 1. The fourth-order valence-electron chi connectivity index (χ4n) is 4.03. The number of benzene rings is 1. The van der Waals surface area contributed by atoms with Gasteiger partial charge in [0.15, 0.2) is 11.9 Å². The molecule has 0 N–H and O–H groups in total. The van der Waals surface area contributed by atoms with Crippen molar-refractivity contribution in [2.75, 3.05) is 11.4 Å². The Bertz CT molecular complexity index is 1190. The molecule has 32 heavy (non-hydrogen) atoms. The SMILES string of the molecule is Cn1ccnc1COc1ccc(O[C@@H]2CCN(c3cc(F)c4c(c3)C(=O)CC4)C2=O)cn1. The lowest BCUT2D eigenvalue weighted by Crippen LogP contribution is -2.32. The number of fused-ring (bicyclic) bond motifs is 1. The van der Waals surface area contributed by atoms with Gasteiger partial charge in [-0.25, -0.2) is 14.4 Å². The monoisotopic (exact) mass is 436 g/mol. The van der Waals surface area contributed by atoms with Gasteiger partial charge in [-0.1, -0.05) is 0 Å². The van der Waals surface area contributed by atoms with Crippen LogP contribution in [0.2, 0.25) is 0 Å². The smallest absolute Gasteiger partial charge is 0.268 e. The molecular weight excluding hydrogens is 415 g/mol. The second kappa shape index (κ2) is 8.07. The van der Waals surface area contributed by atoms with E-state index < -0.39 is 11.9 Å². The van der Waals surface area contributed by atoms with Gasteiger partial charge in [0.05, 0.1) is 6.20 Å². The van der Waals surface area contributed by atoms with Crippen molar-refractivity contribution in [1.29, 1.82) is 0 Å². The maximum Gasteiger partial charge on any atom is 0.268 e. The third-order valence-electron chi connectivity index (χ3n) is 5.81. The molecule has 1 aliphatic heterocycles. The number of halogens is 1. The van der Waals surface area contributed by atoms with E-state index in [9.17, 15) is 14.0 Å². The summed E-state index contributed by atoms with van der Waals surface area (Å²) in [5.74, 6) is 0.823. The first-order valence-corrected chi connectivity index (χ1v) is 10.4. The van der Waals surface area contributed by atoms with Crippen LogP contribution in [0.25, 0.3) is 0 Å². The van der Waals surface area contributed by atoms with E-state index >= 15 is 0 Å². The molecule has 0 bridgehead atoms. The molecule has 2 aromatic heterocycles. The molecule has 0 unspecified atom stereocenters. The molecule has 0 radical (unpaired) electrons. The Balaban J connectivity index is 1.23. The molecule has 3 heterocycles. The molecule has 3 aromatic rings. The minimum Gasteiger partial charge on any atom is -0.479 e. The third-order valence-corrected chi connectivity index (χ3v) is 5.81. The number of carbonyl (C=O) groups is 2. The molecule has 1 amide bonds. The van der Waals surface area contributed by atoms with Crippen molar-refractivity contribution in [3.63, 3.8) is 0 Å². The molecule has 1 aliphatic carbocycles. The van der Waals surface area contributed by atoms with Crippen LogP contribution < -0.4 is 14.4 Å². The predicted octanol–water partition coefficient (Wildman–Crippen LogP) is 2.85. The summed E-state index contributed by atoms with van der Waals surface area (Å²) in [6.45, 7) is 0.667. The fourth-order valence-corrected chi connectivity index (χ4v) is 4.03. The zero-order valence-electron chi connectivity index (χ0n) is 17.5. The van der Waals surface area contributed by atoms with E-state index in [0.717, 1.165) is 5.82 Å². The number of anilines is 1. The van der Waals surface area contributed by atoms with Gasteiger partial charge in [0.1, 0.15) is 24.0 Å². The standard InChI is InChI=1S/C23H21FN4O4/c1-27-9-7-25-21(27)13-31-22-5-2-15(12-26-22)32-20-6-8-28(23(20)30)14-10-17-16(18(24)11-14)3-4-19(17)29/h2,5,7,9-12,20H,3-4,6,8,13H2,1H3/t20-/m1/s1. The molecule has 1 aromatic carbocycles. The number of ketones is 1. The summed E-state index contributed by atoms with van der Waals surface area (Å²) in [7, 11) is 1.88. The van der Waals surface area contributed by atoms with Gasteiger partial charge in [0.2, 0.25) is 5.88 Å². The highest BCUT2D eigenvalue weighted by molar-refractivity contribution is 6.04. The van der Waals surface area contributed by atoms with E-state index in [4.69, 9.17) is 9.47 Å². The number of Topliss-reactive ketones (excluding diaryl/α,β-unsaturated/α-hetero) is 1. The maximum absolute atomic E-state index is 14.4. The first kappa shape index (κ1) is 20.2. The molecule has 1 atom stereocenters. The maximum atomic E-state index is 14.4. The van der Waals surface area contributed by atoms with Crippen LogP contribution in [0, 0.1) is 5.82 Å². The number of ether oxygens (including phenoxy) is 2. The Hall–Kier alpha value is -3.75. The number of aromatic nitrogens is 3. The van der Waals surface area contributed by atoms with Crippen LogP contribution in [-0.2, 0) is 24.9 Å². The number of rotatable bonds is 6.